The quantitative estimate of drug-likeness (QED) is 0.824. The molecule has 18 heavy (non-hydrogen) atoms. The van der Waals surface area contributed by atoms with Crippen LogP contribution in [0, 0.1) is 17.8 Å². The highest BCUT2D eigenvalue weighted by Crippen LogP contribution is 2.38. The SMILES string of the molecule is CCCC(C)CS(=O)(=O)N1CC2CCC(N)C2C1. The van der Waals surface area contributed by atoms with Gasteiger partial charge in [-0.3, -0.25) is 0 Å². The summed E-state index contributed by atoms with van der Waals surface area (Å²) in [6.45, 7) is 5.50. The van der Waals surface area contributed by atoms with Crippen LogP contribution >= 0.6 is 0 Å². The minimum Gasteiger partial charge on any atom is -0.327 e. The molecule has 4 unspecified atom stereocenters. The molecule has 0 spiro atoms. The predicted molar refractivity (Wildman–Crippen MR) is 73.6 cm³/mol. The van der Waals surface area contributed by atoms with E-state index in [2.05, 4.69) is 6.92 Å². The number of rotatable bonds is 5. The molecule has 0 bridgehead atoms. The number of nitrogens with two attached hydrogens (primary N) is 1. The monoisotopic (exact) mass is 274 g/mol. The zero-order valence-corrected chi connectivity index (χ0v) is 12.3. The Kier molecular flexibility index (Phi) is 4.34. The van der Waals surface area contributed by atoms with Gasteiger partial charge in [0.15, 0.2) is 0 Å². The zero-order chi connectivity index (χ0) is 13.3. The van der Waals surface area contributed by atoms with E-state index in [4.69, 9.17) is 5.73 Å². The van der Waals surface area contributed by atoms with Gasteiger partial charge in [-0.15, -0.1) is 0 Å². The third-order valence-electron chi connectivity index (χ3n) is 4.55. The van der Waals surface area contributed by atoms with Crippen LogP contribution in [0.5, 0.6) is 0 Å². The van der Waals surface area contributed by atoms with Crippen molar-refractivity contribution in [2.75, 3.05) is 18.8 Å². The molecule has 1 aliphatic heterocycles. The lowest BCUT2D eigenvalue weighted by molar-refractivity contribution is 0.420. The Labute approximate surface area is 111 Å². The van der Waals surface area contributed by atoms with E-state index in [1.165, 1.54) is 0 Å². The van der Waals surface area contributed by atoms with Gasteiger partial charge in [0.1, 0.15) is 0 Å². The van der Waals surface area contributed by atoms with Crippen molar-refractivity contribution in [2.45, 2.75) is 45.6 Å². The van der Waals surface area contributed by atoms with Gasteiger partial charge in [-0.25, -0.2) is 12.7 Å². The maximum atomic E-state index is 12.3. The highest BCUT2D eigenvalue weighted by atomic mass is 32.2. The molecule has 0 radical (unpaired) electrons. The number of hydrogen-bond donors (Lipinski definition) is 1. The number of hydrogen-bond acceptors (Lipinski definition) is 3. The second-order valence-corrected chi connectivity index (χ2v) is 8.17. The number of sulfonamides is 1. The van der Waals surface area contributed by atoms with Crippen molar-refractivity contribution >= 4 is 10.0 Å². The van der Waals surface area contributed by atoms with Gasteiger partial charge in [0.2, 0.25) is 10.0 Å². The van der Waals surface area contributed by atoms with Crippen molar-refractivity contribution in [1.29, 1.82) is 0 Å². The Morgan fingerprint density at radius 1 is 1.33 bits per heavy atom. The molecule has 5 heteroatoms. The van der Waals surface area contributed by atoms with E-state index in [-0.39, 0.29) is 12.0 Å². The van der Waals surface area contributed by atoms with E-state index in [0.29, 0.717) is 30.7 Å². The van der Waals surface area contributed by atoms with Crippen LogP contribution in [0.2, 0.25) is 0 Å². The van der Waals surface area contributed by atoms with Crippen LogP contribution in [-0.2, 0) is 10.0 Å². The maximum Gasteiger partial charge on any atom is 0.214 e. The van der Waals surface area contributed by atoms with Crippen molar-refractivity contribution in [2.24, 2.45) is 23.5 Å². The summed E-state index contributed by atoms with van der Waals surface area (Å²) in [6, 6.07) is 0.211. The zero-order valence-electron chi connectivity index (χ0n) is 11.5. The molecule has 2 N–H and O–H groups in total. The highest BCUT2D eigenvalue weighted by Gasteiger charge is 2.44. The Hall–Kier alpha value is -0.130. The Bertz CT molecular complexity index is 382. The average molecular weight is 274 g/mol. The van der Waals surface area contributed by atoms with Crippen molar-refractivity contribution in [1.82, 2.24) is 4.31 Å². The summed E-state index contributed by atoms with van der Waals surface area (Å²) in [7, 11) is -3.07. The molecule has 1 saturated carbocycles. The molecule has 4 atom stereocenters. The van der Waals surface area contributed by atoms with Gasteiger partial charge in [0.05, 0.1) is 5.75 Å². The summed E-state index contributed by atoms with van der Waals surface area (Å²) in [5, 5.41) is 0. The van der Waals surface area contributed by atoms with E-state index in [0.717, 1.165) is 25.7 Å². The molecule has 1 aliphatic carbocycles. The fourth-order valence-corrected chi connectivity index (χ4v) is 5.45. The minimum atomic E-state index is -3.07. The fraction of sp³-hybridized carbons (Fsp3) is 1.00. The molecule has 2 fully saturated rings. The minimum absolute atomic E-state index is 0.211. The summed E-state index contributed by atoms with van der Waals surface area (Å²) in [4.78, 5) is 0. The standard InChI is InChI=1S/C13H26N2O2S/c1-3-4-10(2)9-18(16,17)15-7-11-5-6-13(14)12(11)8-15/h10-13H,3-9,14H2,1-2H3. The van der Waals surface area contributed by atoms with Crippen LogP contribution in [0.4, 0.5) is 0 Å². The topological polar surface area (TPSA) is 63.4 Å². The lowest BCUT2D eigenvalue weighted by Gasteiger charge is -2.20. The summed E-state index contributed by atoms with van der Waals surface area (Å²) in [6.07, 6.45) is 4.20. The van der Waals surface area contributed by atoms with Crippen molar-refractivity contribution in [3.05, 3.63) is 0 Å². The molecule has 0 amide bonds. The third-order valence-corrected chi connectivity index (χ3v) is 6.62. The Balaban J connectivity index is 1.96. The molecule has 1 heterocycles. The van der Waals surface area contributed by atoms with Crippen molar-refractivity contribution in [3.63, 3.8) is 0 Å². The van der Waals surface area contributed by atoms with Gasteiger partial charge in [-0.2, -0.15) is 0 Å². The van der Waals surface area contributed by atoms with Gasteiger partial charge >= 0.3 is 0 Å². The summed E-state index contributed by atoms with van der Waals surface area (Å²) in [5.74, 6) is 1.47. The number of fused-ring (bicyclic) bond motifs is 1. The maximum absolute atomic E-state index is 12.3. The molecule has 4 nitrogen and oxygen atoms in total. The molecule has 2 rings (SSSR count). The normalized spacial score (nSPS) is 34.7. The predicted octanol–water partition coefficient (Wildman–Crippen LogP) is 1.42. The smallest absolute Gasteiger partial charge is 0.214 e. The molecule has 2 aliphatic rings. The second-order valence-electron chi connectivity index (χ2n) is 6.15. The molecule has 0 aromatic carbocycles. The van der Waals surface area contributed by atoms with Crippen LogP contribution in [0.1, 0.15) is 39.5 Å². The molecular formula is C13H26N2O2S. The van der Waals surface area contributed by atoms with Crippen LogP contribution in [0.25, 0.3) is 0 Å². The molecule has 106 valence electrons. The molecular weight excluding hydrogens is 248 g/mol. The van der Waals surface area contributed by atoms with Crippen molar-refractivity contribution < 1.29 is 8.42 Å². The molecule has 1 saturated heterocycles. The van der Waals surface area contributed by atoms with Gasteiger partial charge in [0.25, 0.3) is 0 Å². The highest BCUT2D eigenvalue weighted by molar-refractivity contribution is 7.89. The molecule has 0 aromatic heterocycles. The lowest BCUT2D eigenvalue weighted by atomic mass is 9.98. The summed E-state index contributed by atoms with van der Waals surface area (Å²) >= 11 is 0. The van der Waals surface area contributed by atoms with E-state index < -0.39 is 10.0 Å². The van der Waals surface area contributed by atoms with Crippen LogP contribution in [0.3, 0.4) is 0 Å². The van der Waals surface area contributed by atoms with Crippen LogP contribution in [0.15, 0.2) is 0 Å². The summed E-state index contributed by atoms with van der Waals surface area (Å²) in [5.41, 5.74) is 6.05. The van der Waals surface area contributed by atoms with Crippen LogP contribution < -0.4 is 5.73 Å². The average Bonchev–Trinajstić information content (AvgIpc) is 2.81. The fourth-order valence-electron chi connectivity index (χ4n) is 3.53. The van der Waals surface area contributed by atoms with Crippen LogP contribution in [-0.4, -0.2) is 37.6 Å². The van der Waals surface area contributed by atoms with E-state index in [1.54, 1.807) is 4.31 Å². The van der Waals surface area contributed by atoms with E-state index in [1.807, 2.05) is 6.92 Å². The first-order chi connectivity index (χ1) is 8.44. The number of nitrogens with zero attached hydrogens (tertiary/aromatic N) is 1. The first-order valence-electron chi connectivity index (χ1n) is 7.17. The van der Waals surface area contributed by atoms with Gasteiger partial charge in [0, 0.05) is 19.1 Å². The largest absolute Gasteiger partial charge is 0.327 e. The second kappa shape index (κ2) is 5.47. The van der Waals surface area contributed by atoms with E-state index in [9.17, 15) is 8.42 Å². The summed E-state index contributed by atoms with van der Waals surface area (Å²) < 4.78 is 26.4. The van der Waals surface area contributed by atoms with Gasteiger partial charge in [-0.05, 0) is 37.0 Å². The Morgan fingerprint density at radius 3 is 2.67 bits per heavy atom. The van der Waals surface area contributed by atoms with Gasteiger partial charge < -0.3 is 5.73 Å². The first kappa shape index (κ1) is 14.3. The van der Waals surface area contributed by atoms with E-state index >= 15 is 0 Å². The van der Waals surface area contributed by atoms with Gasteiger partial charge in [-0.1, -0.05) is 20.3 Å². The Morgan fingerprint density at radius 2 is 2.06 bits per heavy atom. The third kappa shape index (κ3) is 2.89. The van der Waals surface area contributed by atoms with Crippen molar-refractivity contribution in [3.8, 4) is 0 Å². The molecule has 0 aromatic rings. The lowest BCUT2D eigenvalue weighted by Crippen LogP contribution is -2.36. The first-order valence-corrected chi connectivity index (χ1v) is 8.78.